The molecule has 32 heavy (non-hydrogen) atoms. The van der Waals surface area contributed by atoms with E-state index in [9.17, 15) is 23.1 Å². The molecule has 3 aliphatic heterocycles. The second-order valence-electron chi connectivity index (χ2n) is 7.83. The summed E-state index contributed by atoms with van der Waals surface area (Å²) in [4.78, 5) is 24.4. The smallest absolute Gasteiger partial charge is 0.475 e. The second kappa shape index (κ2) is 9.70. The van der Waals surface area contributed by atoms with Crippen LogP contribution < -0.4 is 0 Å². The number of rotatable bonds is 4. The molecule has 9 heteroatoms. The summed E-state index contributed by atoms with van der Waals surface area (Å²) in [5.74, 6) is -2.93. The molecule has 0 amide bonds. The van der Waals surface area contributed by atoms with E-state index in [-0.39, 0.29) is 6.10 Å². The van der Waals surface area contributed by atoms with E-state index in [0.717, 1.165) is 32.5 Å². The lowest BCUT2D eigenvalue weighted by Gasteiger charge is -2.44. The predicted octanol–water partition coefficient (Wildman–Crippen LogP) is 3.19. The quantitative estimate of drug-likeness (QED) is 0.695. The molecule has 2 aromatic carbocycles. The number of esters is 1. The van der Waals surface area contributed by atoms with Crippen molar-refractivity contribution in [3.05, 3.63) is 71.8 Å². The van der Waals surface area contributed by atoms with Crippen molar-refractivity contribution >= 4 is 11.9 Å². The lowest BCUT2D eigenvalue weighted by Crippen LogP contribution is -2.53. The van der Waals surface area contributed by atoms with Gasteiger partial charge in [0.15, 0.2) is 0 Å². The molecule has 0 spiro atoms. The molecule has 5 rings (SSSR count). The molecule has 3 fully saturated rings. The van der Waals surface area contributed by atoms with Gasteiger partial charge in [-0.15, -0.1) is 0 Å². The third-order valence-electron chi connectivity index (χ3n) is 5.78. The number of aliphatic carboxylic acids is 1. The molecular formula is C23H24F3NO5. The van der Waals surface area contributed by atoms with Crippen LogP contribution in [0.1, 0.15) is 24.0 Å². The minimum absolute atomic E-state index is 0.131. The van der Waals surface area contributed by atoms with Crippen molar-refractivity contribution in [2.75, 3.05) is 19.6 Å². The molecule has 2 N–H and O–H groups in total. The third kappa shape index (κ3) is 5.28. The first-order chi connectivity index (χ1) is 15.1. The number of hydrogen-bond acceptors (Lipinski definition) is 5. The van der Waals surface area contributed by atoms with E-state index >= 15 is 0 Å². The molecule has 0 radical (unpaired) electrons. The minimum atomic E-state index is -5.08. The Balaban J connectivity index is 0.000000360. The maximum Gasteiger partial charge on any atom is 0.490 e. The van der Waals surface area contributed by atoms with Gasteiger partial charge in [0.1, 0.15) is 6.10 Å². The van der Waals surface area contributed by atoms with E-state index in [1.807, 2.05) is 36.4 Å². The SMILES string of the molecule is O=C(O)C(F)(F)F.O=C(O[C@H]1CN2CCC1CC2)C(O)(c1ccccc1)c1ccccc1. The summed E-state index contributed by atoms with van der Waals surface area (Å²) in [7, 11) is 0. The standard InChI is InChI=1S/C21H23NO3.C2HF3O2/c23-20(25-19-15-22-13-11-16(19)12-14-22)21(24,17-7-3-1-4-8-17)18-9-5-2-6-10-18;3-2(4,5)1(6)7/h1-10,16,19,24H,11-15H2;(H,6,7)/t19-;/m0./s1. The van der Waals surface area contributed by atoms with Gasteiger partial charge < -0.3 is 14.9 Å². The van der Waals surface area contributed by atoms with E-state index < -0.39 is 23.7 Å². The van der Waals surface area contributed by atoms with Gasteiger partial charge in [0.05, 0.1) is 0 Å². The first-order valence-electron chi connectivity index (χ1n) is 10.2. The van der Waals surface area contributed by atoms with E-state index in [0.29, 0.717) is 17.0 Å². The van der Waals surface area contributed by atoms with Crippen molar-refractivity contribution in [1.29, 1.82) is 0 Å². The lowest BCUT2D eigenvalue weighted by atomic mass is 9.84. The number of halogens is 3. The average Bonchev–Trinajstić information content (AvgIpc) is 2.80. The van der Waals surface area contributed by atoms with Crippen molar-refractivity contribution in [2.45, 2.75) is 30.7 Å². The largest absolute Gasteiger partial charge is 0.490 e. The van der Waals surface area contributed by atoms with Crippen LogP contribution in [0.5, 0.6) is 0 Å². The number of carboxylic acids is 1. The molecule has 0 unspecified atom stereocenters. The van der Waals surface area contributed by atoms with Gasteiger partial charge in [-0.25, -0.2) is 9.59 Å². The number of fused-ring (bicyclic) bond motifs is 3. The Kier molecular flexibility index (Phi) is 7.20. The molecule has 6 nitrogen and oxygen atoms in total. The number of hydrogen-bond donors (Lipinski definition) is 2. The number of alkyl halides is 3. The monoisotopic (exact) mass is 451 g/mol. The molecule has 3 aliphatic rings. The number of aliphatic hydroxyl groups is 1. The number of piperidine rings is 3. The fourth-order valence-corrected chi connectivity index (χ4v) is 4.03. The van der Waals surface area contributed by atoms with Crippen LogP contribution in [0, 0.1) is 5.92 Å². The van der Waals surface area contributed by atoms with Gasteiger partial charge >= 0.3 is 18.1 Å². The molecule has 0 aliphatic carbocycles. The number of ether oxygens (including phenoxy) is 1. The van der Waals surface area contributed by atoms with Crippen molar-refractivity contribution in [2.24, 2.45) is 5.92 Å². The average molecular weight is 451 g/mol. The summed E-state index contributed by atoms with van der Waals surface area (Å²) < 4.78 is 37.6. The summed E-state index contributed by atoms with van der Waals surface area (Å²) in [6.45, 7) is 2.94. The van der Waals surface area contributed by atoms with Gasteiger partial charge in [-0.05, 0) is 43.0 Å². The highest BCUT2D eigenvalue weighted by Crippen LogP contribution is 2.35. The predicted molar refractivity (Wildman–Crippen MR) is 109 cm³/mol. The van der Waals surface area contributed by atoms with E-state index in [1.54, 1.807) is 24.3 Å². The number of carboxylic acid groups (broad SMARTS) is 1. The van der Waals surface area contributed by atoms with Crippen LogP contribution >= 0.6 is 0 Å². The van der Waals surface area contributed by atoms with Gasteiger partial charge in [-0.3, -0.25) is 4.90 Å². The van der Waals surface area contributed by atoms with Crippen LogP contribution in [0.25, 0.3) is 0 Å². The van der Waals surface area contributed by atoms with Crippen LogP contribution in [-0.2, 0) is 19.9 Å². The molecular weight excluding hydrogens is 427 g/mol. The van der Waals surface area contributed by atoms with Crippen LogP contribution in [0.2, 0.25) is 0 Å². The van der Waals surface area contributed by atoms with Gasteiger partial charge in [-0.1, -0.05) is 60.7 Å². The van der Waals surface area contributed by atoms with Gasteiger partial charge in [0, 0.05) is 6.54 Å². The van der Waals surface area contributed by atoms with Crippen LogP contribution in [0.15, 0.2) is 60.7 Å². The Morgan fingerprint density at radius 2 is 1.34 bits per heavy atom. The summed E-state index contributed by atoms with van der Waals surface area (Å²) in [6, 6.07) is 18.1. The third-order valence-corrected chi connectivity index (χ3v) is 5.78. The Bertz CT molecular complexity index is 873. The molecule has 2 bridgehead atoms. The zero-order valence-electron chi connectivity index (χ0n) is 17.2. The zero-order valence-corrected chi connectivity index (χ0v) is 17.2. The summed E-state index contributed by atoms with van der Waals surface area (Å²) in [6.07, 6.45) is -3.09. The van der Waals surface area contributed by atoms with Crippen molar-refractivity contribution in [1.82, 2.24) is 4.90 Å². The Morgan fingerprint density at radius 1 is 0.906 bits per heavy atom. The maximum absolute atomic E-state index is 13.1. The number of carbonyl (C=O) groups is 2. The van der Waals surface area contributed by atoms with Gasteiger partial charge in [-0.2, -0.15) is 13.2 Å². The fourth-order valence-electron chi connectivity index (χ4n) is 4.03. The highest BCUT2D eigenvalue weighted by molar-refractivity contribution is 5.85. The van der Waals surface area contributed by atoms with Crippen LogP contribution in [0.4, 0.5) is 13.2 Å². The molecule has 172 valence electrons. The van der Waals surface area contributed by atoms with Crippen molar-refractivity contribution in [3.8, 4) is 0 Å². The normalized spacial score (nSPS) is 22.4. The number of carbonyl (C=O) groups excluding carboxylic acids is 1. The fraction of sp³-hybridized carbons (Fsp3) is 0.391. The topological polar surface area (TPSA) is 87.1 Å². The van der Waals surface area contributed by atoms with Crippen molar-refractivity contribution < 1.29 is 37.7 Å². The summed E-state index contributed by atoms with van der Waals surface area (Å²) >= 11 is 0. The maximum atomic E-state index is 13.1. The lowest BCUT2D eigenvalue weighted by molar-refractivity contribution is -0.192. The number of benzene rings is 2. The van der Waals surface area contributed by atoms with E-state index in [2.05, 4.69) is 4.90 Å². The zero-order chi connectivity index (χ0) is 23.4. The van der Waals surface area contributed by atoms with Crippen molar-refractivity contribution in [3.63, 3.8) is 0 Å². The van der Waals surface area contributed by atoms with E-state index in [1.165, 1.54) is 0 Å². The summed E-state index contributed by atoms with van der Waals surface area (Å²) in [5.41, 5.74) is -0.714. The molecule has 1 atom stereocenters. The van der Waals surface area contributed by atoms with Gasteiger partial charge in [0.25, 0.3) is 0 Å². The molecule has 3 saturated heterocycles. The Morgan fingerprint density at radius 3 is 1.69 bits per heavy atom. The van der Waals surface area contributed by atoms with Crippen LogP contribution in [-0.4, -0.2) is 59.0 Å². The number of nitrogens with zero attached hydrogens (tertiary/aromatic N) is 1. The molecule has 2 aromatic rings. The highest BCUT2D eigenvalue weighted by atomic mass is 19.4. The Hall–Kier alpha value is -2.91. The molecule has 0 saturated carbocycles. The first-order valence-corrected chi connectivity index (χ1v) is 10.2. The minimum Gasteiger partial charge on any atom is -0.475 e. The van der Waals surface area contributed by atoms with Crippen LogP contribution in [0.3, 0.4) is 0 Å². The second-order valence-corrected chi connectivity index (χ2v) is 7.83. The van der Waals surface area contributed by atoms with Gasteiger partial charge in [0.2, 0.25) is 5.60 Å². The highest BCUT2D eigenvalue weighted by Gasteiger charge is 2.45. The summed E-state index contributed by atoms with van der Waals surface area (Å²) in [5, 5.41) is 18.6. The first kappa shape index (κ1) is 23.7. The van der Waals surface area contributed by atoms with E-state index in [4.69, 9.17) is 14.6 Å². The Labute approximate surface area is 183 Å². The molecule has 0 aromatic heterocycles. The molecule has 3 heterocycles.